The first-order valence-electron chi connectivity index (χ1n) is 6.79. The van der Waals surface area contributed by atoms with Crippen molar-refractivity contribution in [1.29, 1.82) is 0 Å². The normalized spacial score (nSPS) is 23.9. The molecule has 1 aromatic rings. The van der Waals surface area contributed by atoms with E-state index in [2.05, 4.69) is 0 Å². The van der Waals surface area contributed by atoms with Crippen LogP contribution in [0.3, 0.4) is 0 Å². The quantitative estimate of drug-likeness (QED) is 0.768. The van der Waals surface area contributed by atoms with E-state index in [1.165, 1.54) is 0 Å². The Morgan fingerprint density at radius 1 is 1.26 bits per heavy atom. The van der Waals surface area contributed by atoms with Gasteiger partial charge in [-0.3, -0.25) is 0 Å². The van der Waals surface area contributed by atoms with E-state index in [4.69, 9.17) is 4.74 Å². The Labute approximate surface area is 113 Å². The summed E-state index contributed by atoms with van der Waals surface area (Å²) in [7, 11) is 1.73. The highest BCUT2D eigenvalue weighted by atomic mass is 19.1. The van der Waals surface area contributed by atoms with Crippen molar-refractivity contribution in [2.24, 2.45) is 5.92 Å². The van der Waals surface area contributed by atoms with Gasteiger partial charge in [-0.25, -0.2) is 8.78 Å². The van der Waals surface area contributed by atoms with Gasteiger partial charge in [0.1, 0.15) is 5.82 Å². The maximum Gasteiger partial charge on any atom is 0.130 e. The number of rotatable bonds is 4. The molecule has 0 radical (unpaired) electrons. The Morgan fingerprint density at radius 2 is 2.00 bits per heavy atom. The van der Waals surface area contributed by atoms with E-state index in [1.54, 1.807) is 19.2 Å². The predicted molar refractivity (Wildman–Crippen MR) is 73.1 cm³/mol. The lowest BCUT2D eigenvalue weighted by Gasteiger charge is -2.28. The van der Waals surface area contributed by atoms with Gasteiger partial charge in [0.05, 0.1) is 6.33 Å². The number of ether oxygens (including phenoxy) is 1. The van der Waals surface area contributed by atoms with Gasteiger partial charge in [0, 0.05) is 19.3 Å². The Hall–Kier alpha value is -1.22. The van der Waals surface area contributed by atoms with Gasteiger partial charge >= 0.3 is 0 Å². The molecule has 19 heavy (non-hydrogen) atoms. The Bertz CT molecular complexity index is 434. The van der Waals surface area contributed by atoms with Crippen molar-refractivity contribution in [3.8, 4) is 0 Å². The van der Waals surface area contributed by atoms with Gasteiger partial charge in [0.15, 0.2) is 0 Å². The third-order valence-electron chi connectivity index (χ3n) is 3.99. The smallest absolute Gasteiger partial charge is 0.130 e. The second-order valence-corrected chi connectivity index (χ2v) is 5.25. The van der Waals surface area contributed by atoms with E-state index in [9.17, 15) is 8.78 Å². The van der Waals surface area contributed by atoms with Gasteiger partial charge in [0.2, 0.25) is 0 Å². The highest BCUT2D eigenvalue weighted by Gasteiger charge is 2.22. The van der Waals surface area contributed by atoms with Crippen molar-refractivity contribution in [3.05, 3.63) is 41.5 Å². The molecule has 0 spiro atoms. The van der Waals surface area contributed by atoms with Crippen LogP contribution in [0.25, 0.3) is 6.08 Å². The first-order valence-corrected chi connectivity index (χ1v) is 6.79. The fourth-order valence-electron chi connectivity index (χ4n) is 2.90. The number of hydrogen-bond donors (Lipinski definition) is 0. The SMILES string of the molecule is COC[C@H]1CC[C@H](c2ccc(C=CF)c(F)c2)CC1. The minimum Gasteiger partial charge on any atom is -0.384 e. The molecule has 2 rings (SSSR count). The monoisotopic (exact) mass is 266 g/mol. The molecule has 1 fully saturated rings. The number of methoxy groups -OCH3 is 1. The average Bonchev–Trinajstić information content (AvgIpc) is 2.43. The molecule has 1 aliphatic rings. The second-order valence-electron chi connectivity index (χ2n) is 5.25. The molecule has 1 aromatic carbocycles. The minimum atomic E-state index is -0.342. The van der Waals surface area contributed by atoms with Crippen LogP contribution >= 0.6 is 0 Å². The molecule has 0 bridgehead atoms. The van der Waals surface area contributed by atoms with Crippen LogP contribution in [0.1, 0.15) is 42.7 Å². The number of benzene rings is 1. The van der Waals surface area contributed by atoms with Crippen LogP contribution in [0.2, 0.25) is 0 Å². The zero-order valence-electron chi connectivity index (χ0n) is 11.2. The summed E-state index contributed by atoms with van der Waals surface area (Å²) in [6.45, 7) is 0.821. The van der Waals surface area contributed by atoms with Gasteiger partial charge in [-0.05, 0) is 55.2 Å². The van der Waals surface area contributed by atoms with Crippen molar-refractivity contribution in [1.82, 2.24) is 0 Å². The number of hydrogen-bond acceptors (Lipinski definition) is 1. The molecule has 0 amide bonds. The Kier molecular flexibility index (Phi) is 5.08. The summed E-state index contributed by atoms with van der Waals surface area (Å²) in [6, 6.07) is 5.12. The highest BCUT2D eigenvalue weighted by Crippen LogP contribution is 2.36. The molecule has 104 valence electrons. The number of halogens is 2. The van der Waals surface area contributed by atoms with Crippen molar-refractivity contribution in [2.75, 3.05) is 13.7 Å². The van der Waals surface area contributed by atoms with E-state index < -0.39 is 0 Å². The van der Waals surface area contributed by atoms with Crippen LogP contribution in [0.4, 0.5) is 8.78 Å². The lowest BCUT2D eigenvalue weighted by Crippen LogP contribution is -2.17. The molecule has 0 aliphatic heterocycles. The molecule has 0 atom stereocenters. The van der Waals surface area contributed by atoms with Gasteiger partial charge in [0.25, 0.3) is 0 Å². The van der Waals surface area contributed by atoms with E-state index in [-0.39, 0.29) is 5.82 Å². The van der Waals surface area contributed by atoms with Crippen molar-refractivity contribution in [2.45, 2.75) is 31.6 Å². The van der Waals surface area contributed by atoms with Gasteiger partial charge in [-0.15, -0.1) is 0 Å². The van der Waals surface area contributed by atoms with Gasteiger partial charge in [-0.2, -0.15) is 0 Å². The topological polar surface area (TPSA) is 9.23 Å². The molecule has 0 aromatic heterocycles. The fourth-order valence-corrected chi connectivity index (χ4v) is 2.90. The summed E-state index contributed by atoms with van der Waals surface area (Å²) in [4.78, 5) is 0. The Balaban J connectivity index is 2.01. The third-order valence-corrected chi connectivity index (χ3v) is 3.99. The lowest BCUT2D eigenvalue weighted by atomic mass is 9.79. The minimum absolute atomic E-state index is 0.305. The zero-order chi connectivity index (χ0) is 13.7. The summed E-state index contributed by atoms with van der Waals surface area (Å²) < 4.78 is 31.0. The third kappa shape index (κ3) is 3.63. The molecule has 1 nitrogen and oxygen atoms in total. The van der Waals surface area contributed by atoms with Crippen LogP contribution in [-0.2, 0) is 4.74 Å². The average molecular weight is 266 g/mol. The largest absolute Gasteiger partial charge is 0.384 e. The summed E-state index contributed by atoms with van der Waals surface area (Å²) in [5.41, 5.74) is 1.34. The van der Waals surface area contributed by atoms with Crippen LogP contribution in [0.15, 0.2) is 24.5 Å². The van der Waals surface area contributed by atoms with Crippen LogP contribution in [0, 0.1) is 11.7 Å². The Morgan fingerprint density at radius 3 is 2.58 bits per heavy atom. The molecule has 0 saturated heterocycles. The molecule has 0 unspecified atom stereocenters. The first kappa shape index (κ1) is 14.2. The second kappa shape index (κ2) is 6.80. The molecule has 1 aliphatic carbocycles. The van der Waals surface area contributed by atoms with E-state index >= 15 is 0 Å². The summed E-state index contributed by atoms with van der Waals surface area (Å²) in [5, 5.41) is 0. The molecule has 3 heteroatoms. The fraction of sp³-hybridized carbons (Fsp3) is 0.500. The first-order chi connectivity index (χ1) is 9.24. The standard InChI is InChI=1S/C16H20F2O/c1-19-11-12-2-4-13(5-3-12)15-7-6-14(8-9-17)16(18)10-15/h6-10,12-13H,2-5,11H2,1H3/t12-,13-. The summed E-state index contributed by atoms with van der Waals surface area (Å²) >= 11 is 0. The van der Waals surface area contributed by atoms with Crippen LogP contribution in [-0.4, -0.2) is 13.7 Å². The van der Waals surface area contributed by atoms with E-state index in [0.29, 0.717) is 23.7 Å². The van der Waals surface area contributed by atoms with Gasteiger partial charge < -0.3 is 4.74 Å². The van der Waals surface area contributed by atoms with Crippen molar-refractivity contribution < 1.29 is 13.5 Å². The predicted octanol–water partition coefficient (Wildman–Crippen LogP) is 4.69. The van der Waals surface area contributed by atoms with Crippen LogP contribution in [0.5, 0.6) is 0 Å². The summed E-state index contributed by atoms with van der Waals surface area (Å²) in [6.07, 6.45) is 5.93. The van der Waals surface area contributed by atoms with Crippen molar-refractivity contribution in [3.63, 3.8) is 0 Å². The zero-order valence-corrected chi connectivity index (χ0v) is 11.2. The highest BCUT2D eigenvalue weighted by molar-refractivity contribution is 5.49. The van der Waals surface area contributed by atoms with Crippen molar-refractivity contribution >= 4 is 6.08 Å². The molecule has 0 heterocycles. The lowest BCUT2D eigenvalue weighted by molar-refractivity contribution is 0.127. The maximum atomic E-state index is 13.8. The van der Waals surface area contributed by atoms with Gasteiger partial charge in [-0.1, -0.05) is 12.1 Å². The summed E-state index contributed by atoms with van der Waals surface area (Å²) in [5.74, 6) is 0.719. The van der Waals surface area contributed by atoms with E-state index in [0.717, 1.165) is 43.9 Å². The van der Waals surface area contributed by atoms with E-state index in [1.807, 2.05) is 6.07 Å². The molecule has 1 saturated carbocycles. The molecular weight excluding hydrogens is 246 g/mol. The molecular formula is C16H20F2O. The van der Waals surface area contributed by atoms with Crippen LogP contribution < -0.4 is 0 Å². The maximum absolute atomic E-state index is 13.8. The molecule has 0 N–H and O–H groups in total.